The van der Waals surface area contributed by atoms with Crippen molar-refractivity contribution in [3.05, 3.63) is 24.3 Å². The molecule has 0 saturated heterocycles. The van der Waals surface area contributed by atoms with Crippen LogP contribution in [-0.4, -0.2) is 25.2 Å². The van der Waals surface area contributed by atoms with Gasteiger partial charge in [-0.25, -0.2) is 0 Å². The number of rotatable bonds is 4. The molecule has 0 fully saturated rings. The average Bonchev–Trinajstić information content (AvgIpc) is 2.26. The number of amides is 1. The monoisotopic (exact) mass is 237 g/mol. The first-order valence-electron chi connectivity index (χ1n) is 5.48. The van der Waals surface area contributed by atoms with Gasteiger partial charge in [0.25, 0.3) is 0 Å². The molecule has 1 aromatic carbocycles. The van der Waals surface area contributed by atoms with Gasteiger partial charge in [0.1, 0.15) is 12.4 Å². The molecule has 0 spiro atoms. The Balaban J connectivity index is 2.50. The van der Waals surface area contributed by atoms with E-state index in [1.54, 1.807) is 19.2 Å². The number of methoxy groups -OCH3 is 1. The summed E-state index contributed by atoms with van der Waals surface area (Å²) in [5, 5.41) is 2.75. The second-order valence-corrected chi connectivity index (χ2v) is 4.68. The van der Waals surface area contributed by atoms with E-state index in [4.69, 9.17) is 9.47 Å². The SMILES string of the molecule is COc1cccc(NC(=O)COC(C)(C)C)c1. The fourth-order valence-corrected chi connectivity index (χ4v) is 1.18. The van der Waals surface area contributed by atoms with E-state index in [0.717, 1.165) is 0 Å². The highest BCUT2D eigenvalue weighted by molar-refractivity contribution is 5.91. The van der Waals surface area contributed by atoms with Crippen molar-refractivity contribution in [3.63, 3.8) is 0 Å². The Morgan fingerprint density at radius 2 is 2.06 bits per heavy atom. The summed E-state index contributed by atoms with van der Waals surface area (Å²) in [6.07, 6.45) is 0. The van der Waals surface area contributed by atoms with E-state index in [1.165, 1.54) is 0 Å². The van der Waals surface area contributed by atoms with Crippen LogP contribution in [0.4, 0.5) is 5.69 Å². The Kier molecular flexibility index (Phi) is 4.52. The van der Waals surface area contributed by atoms with Crippen molar-refractivity contribution in [2.45, 2.75) is 26.4 Å². The van der Waals surface area contributed by atoms with Gasteiger partial charge in [-0.3, -0.25) is 4.79 Å². The molecule has 0 aliphatic heterocycles. The number of hydrogen-bond acceptors (Lipinski definition) is 3. The molecular formula is C13H19NO3. The normalized spacial score (nSPS) is 11.1. The molecule has 1 rings (SSSR count). The molecule has 17 heavy (non-hydrogen) atoms. The minimum absolute atomic E-state index is 0.0424. The molecular weight excluding hydrogens is 218 g/mol. The first kappa shape index (κ1) is 13.5. The molecule has 94 valence electrons. The predicted molar refractivity (Wildman–Crippen MR) is 67.3 cm³/mol. The number of benzene rings is 1. The van der Waals surface area contributed by atoms with E-state index in [0.29, 0.717) is 11.4 Å². The van der Waals surface area contributed by atoms with Gasteiger partial charge in [-0.2, -0.15) is 0 Å². The zero-order valence-electron chi connectivity index (χ0n) is 10.7. The van der Waals surface area contributed by atoms with Gasteiger partial charge in [-0.05, 0) is 32.9 Å². The lowest BCUT2D eigenvalue weighted by Gasteiger charge is -2.19. The molecule has 0 aromatic heterocycles. The maximum atomic E-state index is 11.6. The molecule has 1 amide bonds. The van der Waals surface area contributed by atoms with Crippen LogP contribution in [0.5, 0.6) is 5.75 Å². The summed E-state index contributed by atoms with van der Waals surface area (Å²) in [7, 11) is 1.59. The van der Waals surface area contributed by atoms with Gasteiger partial charge >= 0.3 is 0 Å². The van der Waals surface area contributed by atoms with E-state index in [-0.39, 0.29) is 18.1 Å². The molecule has 0 atom stereocenters. The molecule has 0 radical (unpaired) electrons. The third-order valence-electron chi connectivity index (χ3n) is 1.99. The third kappa shape index (κ3) is 5.36. The molecule has 4 nitrogen and oxygen atoms in total. The van der Waals surface area contributed by atoms with Gasteiger partial charge < -0.3 is 14.8 Å². The third-order valence-corrected chi connectivity index (χ3v) is 1.99. The van der Waals surface area contributed by atoms with Crippen molar-refractivity contribution in [3.8, 4) is 5.75 Å². The molecule has 4 heteroatoms. The van der Waals surface area contributed by atoms with Crippen LogP contribution in [0.3, 0.4) is 0 Å². The van der Waals surface area contributed by atoms with Crippen molar-refractivity contribution in [2.24, 2.45) is 0 Å². The fourth-order valence-electron chi connectivity index (χ4n) is 1.18. The van der Waals surface area contributed by atoms with Crippen LogP contribution < -0.4 is 10.1 Å². The van der Waals surface area contributed by atoms with Crippen molar-refractivity contribution in [2.75, 3.05) is 19.0 Å². The number of carbonyl (C=O) groups excluding carboxylic acids is 1. The van der Waals surface area contributed by atoms with Gasteiger partial charge in [0, 0.05) is 11.8 Å². The number of anilines is 1. The smallest absolute Gasteiger partial charge is 0.250 e. The lowest BCUT2D eigenvalue weighted by Crippen LogP contribution is -2.27. The van der Waals surface area contributed by atoms with Crippen molar-refractivity contribution >= 4 is 11.6 Å². The van der Waals surface area contributed by atoms with Gasteiger partial charge in [-0.1, -0.05) is 6.07 Å². The van der Waals surface area contributed by atoms with Crippen LogP contribution in [0, 0.1) is 0 Å². The van der Waals surface area contributed by atoms with E-state index in [9.17, 15) is 4.79 Å². The van der Waals surface area contributed by atoms with E-state index < -0.39 is 0 Å². The summed E-state index contributed by atoms with van der Waals surface area (Å²) in [4.78, 5) is 11.6. The van der Waals surface area contributed by atoms with Crippen LogP contribution in [0.2, 0.25) is 0 Å². The van der Waals surface area contributed by atoms with E-state index in [2.05, 4.69) is 5.32 Å². The first-order chi connectivity index (χ1) is 7.90. The zero-order chi connectivity index (χ0) is 12.9. The topological polar surface area (TPSA) is 47.6 Å². The predicted octanol–water partition coefficient (Wildman–Crippen LogP) is 2.45. The van der Waals surface area contributed by atoms with Gasteiger partial charge in [-0.15, -0.1) is 0 Å². The van der Waals surface area contributed by atoms with Crippen LogP contribution in [0.1, 0.15) is 20.8 Å². The largest absolute Gasteiger partial charge is 0.497 e. The molecule has 0 bridgehead atoms. The lowest BCUT2D eigenvalue weighted by molar-refractivity contribution is -0.125. The summed E-state index contributed by atoms with van der Waals surface area (Å²) in [6, 6.07) is 7.20. The highest BCUT2D eigenvalue weighted by Gasteiger charge is 2.12. The first-order valence-corrected chi connectivity index (χ1v) is 5.48. The maximum absolute atomic E-state index is 11.6. The van der Waals surface area contributed by atoms with Crippen molar-refractivity contribution < 1.29 is 14.3 Å². The van der Waals surface area contributed by atoms with Gasteiger partial charge in [0.05, 0.1) is 12.7 Å². The van der Waals surface area contributed by atoms with Crippen LogP contribution >= 0.6 is 0 Å². The summed E-state index contributed by atoms with van der Waals surface area (Å²) in [6.45, 7) is 5.77. The fraction of sp³-hybridized carbons (Fsp3) is 0.462. The molecule has 0 aliphatic rings. The molecule has 0 unspecified atom stereocenters. The van der Waals surface area contributed by atoms with Crippen LogP contribution in [0.15, 0.2) is 24.3 Å². The molecule has 1 aromatic rings. The zero-order valence-corrected chi connectivity index (χ0v) is 10.7. The summed E-state index contributed by atoms with van der Waals surface area (Å²) >= 11 is 0. The summed E-state index contributed by atoms with van der Waals surface area (Å²) in [5.41, 5.74) is 0.387. The summed E-state index contributed by atoms with van der Waals surface area (Å²) < 4.78 is 10.4. The number of nitrogens with one attached hydrogen (secondary N) is 1. The Labute approximate surface area is 102 Å². The van der Waals surface area contributed by atoms with Gasteiger partial charge in [0.15, 0.2) is 0 Å². The number of carbonyl (C=O) groups is 1. The Morgan fingerprint density at radius 3 is 2.65 bits per heavy atom. The number of ether oxygens (including phenoxy) is 2. The maximum Gasteiger partial charge on any atom is 0.250 e. The van der Waals surface area contributed by atoms with Gasteiger partial charge in [0.2, 0.25) is 5.91 Å². The van der Waals surface area contributed by atoms with E-state index in [1.807, 2.05) is 32.9 Å². The lowest BCUT2D eigenvalue weighted by atomic mass is 10.2. The second kappa shape index (κ2) is 5.68. The minimum Gasteiger partial charge on any atom is -0.497 e. The van der Waals surface area contributed by atoms with Crippen molar-refractivity contribution in [1.82, 2.24) is 0 Å². The molecule has 0 heterocycles. The van der Waals surface area contributed by atoms with Crippen LogP contribution in [0.25, 0.3) is 0 Å². The van der Waals surface area contributed by atoms with E-state index >= 15 is 0 Å². The summed E-state index contributed by atoms with van der Waals surface area (Å²) in [5.74, 6) is 0.535. The van der Waals surface area contributed by atoms with Crippen molar-refractivity contribution in [1.29, 1.82) is 0 Å². The Morgan fingerprint density at radius 1 is 1.35 bits per heavy atom. The highest BCUT2D eigenvalue weighted by Crippen LogP contribution is 2.16. The second-order valence-electron chi connectivity index (χ2n) is 4.68. The standard InChI is InChI=1S/C13H19NO3/c1-13(2,3)17-9-12(15)14-10-6-5-7-11(8-10)16-4/h5-8H,9H2,1-4H3,(H,14,15). The quantitative estimate of drug-likeness (QED) is 0.875. The molecule has 0 aliphatic carbocycles. The number of hydrogen-bond donors (Lipinski definition) is 1. The van der Waals surface area contributed by atoms with Crippen LogP contribution in [-0.2, 0) is 9.53 Å². The average molecular weight is 237 g/mol. The molecule has 1 N–H and O–H groups in total. The Bertz CT molecular complexity index is 382. The Hall–Kier alpha value is -1.55. The highest BCUT2D eigenvalue weighted by atomic mass is 16.5. The minimum atomic E-state index is -0.314. The molecule has 0 saturated carbocycles.